The van der Waals surface area contributed by atoms with Crippen LogP contribution in [0.5, 0.6) is 0 Å². The fraction of sp³-hybridized carbons (Fsp3) is 0.643. The van der Waals surface area contributed by atoms with Crippen LogP contribution in [0.25, 0.3) is 0 Å². The van der Waals surface area contributed by atoms with Gasteiger partial charge in [-0.15, -0.1) is 0 Å². The minimum absolute atomic E-state index is 0.890. The average molecular weight is 193 g/mol. The molecule has 1 radical (unpaired) electrons. The molecule has 0 aromatic rings. The molecule has 0 rings (SSSR count). The molecule has 0 aromatic heterocycles. The van der Waals surface area contributed by atoms with Gasteiger partial charge in [0.15, 0.2) is 0 Å². The monoisotopic (exact) mass is 193 g/mol. The highest BCUT2D eigenvalue weighted by Crippen LogP contribution is 2.07. The maximum atomic E-state index is 3.74. The molecular weight excluding hydrogens is 168 g/mol. The molecule has 0 aromatic carbocycles. The van der Waals surface area contributed by atoms with Gasteiger partial charge in [0.2, 0.25) is 0 Å². The van der Waals surface area contributed by atoms with E-state index in [-0.39, 0.29) is 0 Å². The lowest BCUT2D eigenvalue weighted by Crippen LogP contribution is -1.77. The van der Waals surface area contributed by atoms with Crippen LogP contribution in [0.3, 0.4) is 0 Å². The van der Waals surface area contributed by atoms with Gasteiger partial charge < -0.3 is 0 Å². The predicted molar refractivity (Wildman–Crippen MR) is 66.2 cm³/mol. The maximum Gasteiger partial charge on any atom is -0.0347 e. The van der Waals surface area contributed by atoms with Gasteiger partial charge >= 0.3 is 0 Å². The minimum atomic E-state index is 0.890. The first-order valence-corrected chi connectivity index (χ1v) is 6.02. The van der Waals surface area contributed by atoms with E-state index in [9.17, 15) is 0 Å². The van der Waals surface area contributed by atoms with E-state index < -0.39 is 0 Å². The number of rotatable bonds is 9. The Kier molecular flexibility index (Phi) is 12.0. The van der Waals surface area contributed by atoms with Crippen LogP contribution in [0, 0.1) is 6.92 Å². The summed E-state index contributed by atoms with van der Waals surface area (Å²) in [5.74, 6) is 0. The first kappa shape index (κ1) is 13.5. The van der Waals surface area contributed by atoms with Crippen molar-refractivity contribution in [3.8, 4) is 0 Å². The van der Waals surface area contributed by atoms with Gasteiger partial charge in [0.25, 0.3) is 0 Å². The molecule has 0 aliphatic heterocycles. The van der Waals surface area contributed by atoms with Crippen molar-refractivity contribution in [2.75, 3.05) is 0 Å². The lowest BCUT2D eigenvalue weighted by Gasteiger charge is -1.97. The third kappa shape index (κ3) is 11.5. The van der Waals surface area contributed by atoms with E-state index in [1.165, 1.54) is 44.9 Å². The Morgan fingerprint density at radius 3 is 2.21 bits per heavy atom. The van der Waals surface area contributed by atoms with Gasteiger partial charge in [0.1, 0.15) is 0 Å². The summed E-state index contributed by atoms with van der Waals surface area (Å²) in [6.45, 7) is 6.00. The van der Waals surface area contributed by atoms with E-state index in [1.54, 1.807) is 0 Å². The van der Waals surface area contributed by atoms with Gasteiger partial charge in [-0.3, -0.25) is 0 Å². The van der Waals surface area contributed by atoms with Crippen molar-refractivity contribution in [3.05, 3.63) is 31.2 Å². The summed E-state index contributed by atoms with van der Waals surface area (Å²) >= 11 is 0. The summed E-state index contributed by atoms with van der Waals surface area (Å²) in [6, 6.07) is 0. The highest BCUT2D eigenvalue weighted by molar-refractivity contribution is 5.02. The molecule has 0 heterocycles. The van der Waals surface area contributed by atoms with Gasteiger partial charge in [-0.05, 0) is 26.2 Å². The van der Waals surface area contributed by atoms with Gasteiger partial charge in [0.05, 0.1) is 0 Å². The standard InChI is InChI=1S/C14H25/c1-3-5-7-9-11-13-14-12-10-8-6-4-2/h5,7,9,11H,1,3-4,6,8,10,12-14H2,2H3. The zero-order chi connectivity index (χ0) is 10.5. The van der Waals surface area contributed by atoms with Crippen molar-refractivity contribution in [2.45, 2.75) is 58.3 Å². The number of unbranched alkanes of at least 4 members (excludes halogenated alkanes) is 6. The molecule has 14 heavy (non-hydrogen) atoms. The Hall–Kier alpha value is -0.520. The van der Waals surface area contributed by atoms with Crippen LogP contribution in [0.4, 0.5) is 0 Å². The predicted octanol–water partition coefficient (Wildman–Crippen LogP) is 5.07. The second kappa shape index (κ2) is 12.5. The topological polar surface area (TPSA) is 0 Å². The van der Waals surface area contributed by atoms with Crippen LogP contribution < -0.4 is 0 Å². The van der Waals surface area contributed by atoms with Crippen LogP contribution in [0.1, 0.15) is 58.3 Å². The zero-order valence-electron chi connectivity index (χ0n) is 9.67. The van der Waals surface area contributed by atoms with E-state index in [1.807, 2.05) is 0 Å². The van der Waals surface area contributed by atoms with Crippen molar-refractivity contribution in [2.24, 2.45) is 0 Å². The molecule has 0 heteroatoms. The highest BCUT2D eigenvalue weighted by Gasteiger charge is 1.87. The summed E-state index contributed by atoms with van der Waals surface area (Å²) in [7, 11) is 0. The molecular formula is C14H25. The number of allylic oxidation sites excluding steroid dienone is 4. The lowest BCUT2D eigenvalue weighted by molar-refractivity contribution is 0.611. The fourth-order valence-electron chi connectivity index (χ4n) is 1.39. The van der Waals surface area contributed by atoms with Gasteiger partial charge in [-0.1, -0.05) is 63.3 Å². The smallest absolute Gasteiger partial charge is 0.0347 e. The van der Waals surface area contributed by atoms with Crippen molar-refractivity contribution < 1.29 is 0 Å². The molecule has 0 amide bonds. The molecule has 0 aliphatic carbocycles. The van der Waals surface area contributed by atoms with E-state index in [0.717, 1.165) is 6.42 Å². The van der Waals surface area contributed by atoms with Crippen molar-refractivity contribution in [1.29, 1.82) is 0 Å². The summed E-state index contributed by atoms with van der Waals surface area (Å²) in [5, 5.41) is 0. The highest BCUT2D eigenvalue weighted by atomic mass is 13.9. The molecule has 0 spiro atoms. The van der Waals surface area contributed by atoms with Crippen molar-refractivity contribution in [1.82, 2.24) is 0 Å². The molecule has 0 fully saturated rings. The quantitative estimate of drug-likeness (QED) is 0.354. The molecule has 0 saturated carbocycles. The Morgan fingerprint density at radius 2 is 1.50 bits per heavy atom. The van der Waals surface area contributed by atoms with Crippen LogP contribution >= 0.6 is 0 Å². The normalized spacial score (nSPS) is 11.9. The molecule has 0 unspecified atom stereocenters. The van der Waals surface area contributed by atoms with E-state index in [2.05, 4.69) is 38.2 Å². The van der Waals surface area contributed by atoms with Crippen LogP contribution in [-0.4, -0.2) is 0 Å². The zero-order valence-corrected chi connectivity index (χ0v) is 9.67. The molecule has 81 valence electrons. The van der Waals surface area contributed by atoms with Crippen molar-refractivity contribution >= 4 is 0 Å². The first-order valence-electron chi connectivity index (χ1n) is 6.02. The third-order valence-electron chi connectivity index (χ3n) is 2.27. The van der Waals surface area contributed by atoms with Crippen LogP contribution in [0.15, 0.2) is 24.3 Å². The van der Waals surface area contributed by atoms with E-state index >= 15 is 0 Å². The largest absolute Gasteiger partial charge is 0.0845 e. The molecule has 0 nitrogen and oxygen atoms in total. The maximum absolute atomic E-state index is 3.74. The molecule has 0 atom stereocenters. The second-order valence-electron chi connectivity index (χ2n) is 3.70. The van der Waals surface area contributed by atoms with E-state index in [4.69, 9.17) is 0 Å². The SMILES string of the molecule is [CH2]CC=CC=CCCCCCCCC. The Bertz CT molecular complexity index is 142. The number of hydrogen-bond acceptors (Lipinski definition) is 0. The van der Waals surface area contributed by atoms with Gasteiger partial charge in [-0.2, -0.15) is 0 Å². The molecule has 0 aliphatic rings. The minimum Gasteiger partial charge on any atom is -0.0845 e. The van der Waals surface area contributed by atoms with Crippen LogP contribution in [-0.2, 0) is 0 Å². The van der Waals surface area contributed by atoms with Crippen LogP contribution in [0.2, 0.25) is 0 Å². The Morgan fingerprint density at radius 1 is 0.857 bits per heavy atom. The molecule has 0 bridgehead atoms. The number of hydrogen-bond donors (Lipinski definition) is 0. The van der Waals surface area contributed by atoms with Gasteiger partial charge in [-0.25, -0.2) is 0 Å². The second-order valence-corrected chi connectivity index (χ2v) is 3.70. The molecule has 0 N–H and O–H groups in total. The van der Waals surface area contributed by atoms with Gasteiger partial charge in [0, 0.05) is 0 Å². The summed E-state index contributed by atoms with van der Waals surface area (Å²) in [5.41, 5.74) is 0. The summed E-state index contributed by atoms with van der Waals surface area (Å²) in [4.78, 5) is 0. The summed E-state index contributed by atoms with van der Waals surface area (Å²) in [6.07, 6.45) is 19.0. The van der Waals surface area contributed by atoms with Crippen molar-refractivity contribution in [3.63, 3.8) is 0 Å². The summed E-state index contributed by atoms with van der Waals surface area (Å²) < 4.78 is 0. The fourth-order valence-corrected chi connectivity index (χ4v) is 1.39. The first-order chi connectivity index (χ1) is 6.91. The third-order valence-corrected chi connectivity index (χ3v) is 2.27. The average Bonchev–Trinajstić information content (AvgIpc) is 2.21. The van der Waals surface area contributed by atoms with E-state index in [0.29, 0.717) is 0 Å². The molecule has 0 saturated heterocycles. The lowest BCUT2D eigenvalue weighted by atomic mass is 10.1. The Balaban J connectivity index is 3.05. The Labute approximate surface area is 90.1 Å².